The van der Waals surface area contributed by atoms with Crippen LogP contribution in [0.2, 0.25) is 0 Å². The summed E-state index contributed by atoms with van der Waals surface area (Å²) in [5, 5.41) is 8.96. The Bertz CT molecular complexity index is 447. The van der Waals surface area contributed by atoms with Crippen LogP contribution < -0.4 is 10.6 Å². The molecule has 0 aromatic heterocycles. The fraction of sp³-hybridized carbons (Fsp3) is 0.462. The minimum Gasteiger partial charge on any atom is -0.478 e. The van der Waals surface area contributed by atoms with Crippen molar-refractivity contribution in [3.05, 3.63) is 23.5 Å². The number of nitrogens with two attached hydrogens (primary N) is 1. The van der Waals surface area contributed by atoms with Crippen molar-refractivity contribution < 1.29 is 14.3 Å². The smallest absolute Gasteiger partial charge is 0.337 e. The van der Waals surface area contributed by atoms with E-state index in [-0.39, 0.29) is 16.9 Å². The van der Waals surface area contributed by atoms with E-state index in [0.29, 0.717) is 12.5 Å². The molecule has 5 heteroatoms. The number of halogens is 1. The molecule has 0 saturated heterocycles. The molecule has 0 aliphatic carbocycles. The van der Waals surface area contributed by atoms with E-state index in [0.717, 1.165) is 12.5 Å². The van der Waals surface area contributed by atoms with Gasteiger partial charge in [0.25, 0.3) is 0 Å². The van der Waals surface area contributed by atoms with Crippen LogP contribution in [0.3, 0.4) is 0 Å². The maximum atomic E-state index is 13.8. The van der Waals surface area contributed by atoms with Gasteiger partial charge in [0.15, 0.2) is 0 Å². The lowest BCUT2D eigenvalue weighted by atomic mass is 10.1. The molecule has 0 heterocycles. The fourth-order valence-corrected chi connectivity index (χ4v) is 1.63. The lowest BCUT2D eigenvalue weighted by Gasteiger charge is -2.21. The molecule has 0 aliphatic heterocycles. The highest BCUT2D eigenvalue weighted by molar-refractivity contribution is 5.95. The Morgan fingerprint density at radius 2 is 2.11 bits per heavy atom. The van der Waals surface area contributed by atoms with Crippen molar-refractivity contribution in [3.63, 3.8) is 0 Å². The van der Waals surface area contributed by atoms with E-state index in [9.17, 15) is 9.18 Å². The van der Waals surface area contributed by atoms with E-state index in [2.05, 4.69) is 13.8 Å². The average molecular weight is 254 g/mol. The van der Waals surface area contributed by atoms with E-state index in [4.69, 9.17) is 10.8 Å². The topological polar surface area (TPSA) is 66.6 Å². The molecule has 0 fully saturated rings. The first-order valence-electron chi connectivity index (χ1n) is 5.86. The molecule has 0 aliphatic rings. The summed E-state index contributed by atoms with van der Waals surface area (Å²) in [5.41, 5.74) is 5.62. The molecule has 0 unspecified atom stereocenters. The molecule has 0 atom stereocenters. The maximum absolute atomic E-state index is 13.8. The zero-order chi connectivity index (χ0) is 13.9. The largest absolute Gasteiger partial charge is 0.478 e. The van der Waals surface area contributed by atoms with Gasteiger partial charge in [-0.3, -0.25) is 0 Å². The third-order valence-corrected chi connectivity index (χ3v) is 2.80. The molecular weight excluding hydrogens is 235 g/mol. The van der Waals surface area contributed by atoms with E-state index in [1.54, 1.807) is 11.9 Å². The summed E-state index contributed by atoms with van der Waals surface area (Å²) in [7, 11) is 1.74. The monoisotopic (exact) mass is 254 g/mol. The summed E-state index contributed by atoms with van der Waals surface area (Å²) in [6.07, 6.45) is 0.905. The first-order chi connectivity index (χ1) is 8.32. The number of nitrogens with zero attached hydrogens (tertiary/aromatic N) is 1. The molecule has 100 valence electrons. The number of aromatic carboxylic acids is 1. The minimum atomic E-state index is -1.15. The van der Waals surface area contributed by atoms with Gasteiger partial charge >= 0.3 is 5.97 Å². The van der Waals surface area contributed by atoms with Gasteiger partial charge in [0.2, 0.25) is 0 Å². The number of hydrogen-bond donors (Lipinski definition) is 2. The summed E-state index contributed by atoms with van der Waals surface area (Å²) in [5.74, 6) is -1.14. The summed E-state index contributed by atoms with van der Waals surface area (Å²) >= 11 is 0. The highest BCUT2D eigenvalue weighted by atomic mass is 19.1. The third-order valence-electron chi connectivity index (χ3n) is 2.80. The number of carbonyl (C=O) groups is 1. The van der Waals surface area contributed by atoms with Gasteiger partial charge in [-0.25, -0.2) is 9.18 Å². The average Bonchev–Trinajstić information content (AvgIpc) is 2.25. The molecule has 0 saturated carbocycles. The number of carboxylic acid groups (broad SMARTS) is 1. The van der Waals surface area contributed by atoms with E-state index in [1.807, 2.05) is 0 Å². The molecule has 4 nitrogen and oxygen atoms in total. The van der Waals surface area contributed by atoms with Crippen LogP contribution in [0.25, 0.3) is 0 Å². The minimum absolute atomic E-state index is 0.0546. The highest BCUT2D eigenvalue weighted by Crippen LogP contribution is 2.25. The second-order valence-corrected chi connectivity index (χ2v) is 4.80. The molecule has 1 aromatic carbocycles. The lowest BCUT2D eigenvalue weighted by Crippen LogP contribution is -2.21. The van der Waals surface area contributed by atoms with E-state index >= 15 is 0 Å². The molecule has 1 rings (SSSR count). The van der Waals surface area contributed by atoms with Crippen molar-refractivity contribution in [1.82, 2.24) is 0 Å². The number of nitrogen functional groups attached to an aromatic ring is 1. The Morgan fingerprint density at radius 3 is 2.61 bits per heavy atom. The van der Waals surface area contributed by atoms with Gasteiger partial charge in [-0.05, 0) is 24.5 Å². The van der Waals surface area contributed by atoms with Crippen molar-refractivity contribution >= 4 is 17.3 Å². The summed E-state index contributed by atoms with van der Waals surface area (Å²) < 4.78 is 13.8. The van der Waals surface area contributed by atoms with Crippen molar-refractivity contribution in [2.75, 3.05) is 24.2 Å². The number of carboxylic acids is 1. The molecule has 18 heavy (non-hydrogen) atoms. The van der Waals surface area contributed by atoms with Crippen LogP contribution in [0.15, 0.2) is 12.1 Å². The van der Waals surface area contributed by atoms with Gasteiger partial charge in [0.05, 0.1) is 11.3 Å². The predicted octanol–water partition coefficient (Wildman–Crippen LogP) is 2.59. The Balaban J connectivity index is 3.01. The Hall–Kier alpha value is -1.78. The molecular formula is C13H19FN2O2. The van der Waals surface area contributed by atoms with Crippen LogP contribution >= 0.6 is 0 Å². The van der Waals surface area contributed by atoms with Crippen molar-refractivity contribution in [1.29, 1.82) is 0 Å². The summed E-state index contributed by atoms with van der Waals surface area (Å²) in [4.78, 5) is 12.7. The lowest BCUT2D eigenvalue weighted by molar-refractivity contribution is 0.0698. The van der Waals surface area contributed by atoms with Crippen molar-refractivity contribution in [2.45, 2.75) is 20.3 Å². The zero-order valence-corrected chi connectivity index (χ0v) is 10.9. The fourth-order valence-electron chi connectivity index (χ4n) is 1.63. The molecule has 0 bridgehead atoms. The Morgan fingerprint density at radius 1 is 1.50 bits per heavy atom. The number of benzene rings is 1. The van der Waals surface area contributed by atoms with Crippen molar-refractivity contribution in [3.8, 4) is 0 Å². The van der Waals surface area contributed by atoms with E-state index < -0.39 is 11.8 Å². The Kier molecular flexibility index (Phi) is 4.53. The van der Waals surface area contributed by atoms with Crippen LogP contribution in [-0.4, -0.2) is 24.7 Å². The standard InChI is InChI=1S/C13H19FN2O2/c1-8(2)4-5-16(3)12-6-9(13(17)18)11(15)7-10(12)14/h6-8H,4-5,15H2,1-3H3,(H,17,18). The van der Waals surface area contributed by atoms with Gasteiger partial charge in [-0.15, -0.1) is 0 Å². The summed E-state index contributed by atoms with van der Waals surface area (Å²) in [6, 6.07) is 2.35. The quantitative estimate of drug-likeness (QED) is 0.792. The second kappa shape index (κ2) is 5.71. The SMILES string of the molecule is CC(C)CCN(C)c1cc(C(=O)O)c(N)cc1F. The molecule has 3 N–H and O–H groups in total. The van der Waals surface area contributed by atoms with Gasteiger partial charge in [0.1, 0.15) is 5.82 Å². The van der Waals surface area contributed by atoms with Crippen LogP contribution in [-0.2, 0) is 0 Å². The maximum Gasteiger partial charge on any atom is 0.337 e. The first-order valence-corrected chi connectivity index (χ1v) is 5.86. The zero-order valence-electron chi connectivity index (χ0n) is 10.9. The highest BCUT2D eigenvalue weighted by Gasteiger charge is 2.15. The molecule has 1 aromatic rings. The Labute approximate surface area is 106 Å². The van der Waals surface area contributed by atoms with Crippen LogP contribution in [0.1, 0.15) is 30.6 Å². The van der Waals surface area contributed by atoms with Crippen LogP contribution in [0.4, 0.5) is 15.8 Å². The first kappa shape index (κ1) is 14.3. The third kappa shape index (κ3) is 3.35. The molecule has 0 radical (unpaired) electrons. The number of rotatable bonds is 5. The van der Waals surface area contributed by atoms with Crippen LogP contribution in [0, 0.1) is 11.7 Å². The molecule has 0 amide bonds. The molecule has 0 spiro atoms. The normalized spacial score (nSPS) is 10.7. The number of hydrogen-bond acceptors (Lipinski definition) is 3. The van der Waals surface area contributed by atoms with Crippen molar-refractivity contribution in [2.24, 2.45) is 5.92 Å². The van der Waals surface area contributed by atoms with Crippen LogP contribution in [0.5, 0.6) is 0 Å². The number of anilines is 2. The summed E-state index contributed by atoms with van der Waals surface area (Å²) in [6.45, 7) is 4.82. The second-order valence-electron chi connectivity index (χ2n) is 4.80. The van der Waals surface area contributed by atoms with E-state index in [1.165, 1.54) is 6.07 Å². The van der Waals surface area contributed by atoms with Gasteiger partial charge in [0, 0.05) is 19.3 Å². The van der Waals surface area contributed by atoms with Gasteiger partial charge < -0.3 is 15.7 Å². The predicted molar refractivity (Wildman–Crippen MR) is 70.5 cm³/mol. The van der Waals surface area contributed by atoms with Gasteiger partial charge in [-0.2, -0.15) is 0 Å². The van der Waals surface area contributed by atoms with Gasteiger partial charge in [-0.1, -0.05) is 13.8 Å².